The van der Waals surface area contributed by atoms with Crippen LogP contribution in [0.4, 0.5) is 4.39 Å². The fourth-order valence-electron chi connectivity index (χ4n) is 2.51. The maximum atomic E-state index is 13.6. The molecule has 0 unspecified atom stereocenters. The van der Waals surface area contributed by atoms with Crippen LogP contribution in [-0.4, -0.2) is 31.1 Å². The Morgan fingerprint density at radius 1 is 1.23 bits per heavy atom. The molecule has 1 aliphatic carbocycles. The maximum Gasteiger partial charge on any atom is 0.213 e. The van der Waals surface area contributed by atoms with Crippen LogP contribution in [0.1, 0.15) is 24.0 Å². The second kappa shape index (κ2) is 9.17. The number of rotatable bonds is 8. The number of nitrogens with one attached hydrogen (secondary N) is 2. The average Bonchev–Trinajstić information content (AvgIpc) is 3.49. The van der Waals surface area contributed by atoms with Crippen LogP contribution < -0.4 is 15.4 Å². The van der Waals surface area contributed by atoms with Crippen molar-refractivity contribution in [3.63, 3.8) is 0 Å². The third-order valence-electron chi connectivity index (χ3n) is 4.29. The van der Waals surface area contributed by atoms with E-state index in [9.17, 15) is 4.39 Å². The van der Waals surface area contributed by atoms with E-state index < -0.39 is 0 Å². The quantitative estimate of drug-likeness (QED) is 0.564. The molecule has 26 heavy (non-hydrogen) atoms. The molecule has 0 spiro atoms. The lowest BCUT2D eigenvalue weighted by molar-refractivity contribution is 0.288. The molecule has 2 N–H and O–H groups in total. The number of guanidine groups is 1. The van der Waals surface area contributed by atoms with Gasteiger partial charge in [0.1, 0.15) is 5.82 Å². The van der Waals surface area contributed by atoms with Crippen molar-refractivity contribution in [3.8, 4) is 5.88 Å². The lowest BCUT2D eigenvalue weighted by atomic mass is 10.1. The standard InChI is InChI=1S/C20H25FN4O/c1-22-20(23-11-10-17-4-2-3-5-18(17)21)25-13-16-8-9-19(24-12-16)26-14-15-6-7-15/h2-5,8-9,12,15H,6-7,10-11,13-14H2,1H3,(H2,22,23,25). The molecule has 138 valence electrons. The third kappa shape index (κ3) is 5.72. The van der Waals surface area contributed by atoms with Crippen molar-refractivity contribution in [3.05, 3.63) is 59.5 Å². The van der Waals surface area contributed by atoms with Crippen LogP contribution in [0.25, 0.3) is 0 Å². The number of hydrogen-bond acceptors (Lipinski definition) is 3. The zero-order valence-electron chi connectivity index (χ0n) is 15.0. The molecular formula is C20H25FN4O. The number of ether oxygens (including phenoxy) is 1. The first-order valence-corrected chi connectivity index (χ1v) is 9.00. The van der Waals surface area contributed by atoms with Gasteiger partial charge in [-0.2, -0.15) is 0 Å². The highest BCUT2D eigenvalue weighted by atomic mass is 19.1. The van der Waals surface area contributed by atoms with E-state index in [1.807, 2.05) is 24.4 Å². The Kier molecular flexibility index (Phi) is 6.41. The number of aromatic nitrogens is 1. The molecule has 5 nitrogen and oxygen atoms in total. The minimum Gasteiger partial charge on any atom is -0.477 e. The van der Waals surface area contributed by atoms with Gasteiger partial charge in [-0.3, -0.25) is 4.99 Å². The van der Waals surface area contributed by atoms with E-state index in [-0.39, 0.29) is 5.82 Å². The summed E-state index contributed by atoms with van der Waals surface area (Å²) in [4.78, 5) is 8.52. The summed E-state index contributed by atoms with van der Waals surface area (Å²) in [5.41, 5.74) is 1.74. The number of aliphatic imine (C=N–C) groups is 1. The largest absolute Gasteiger partial charge is 0.477 e. The van der Waals surface area contributed by atoms with E-state index in [0.717, 1.165) is 18.1 Å². The first kappa shape index (κ1) is 18.2. The highest BCUT2D eigenvalue weighted by Crippen LogP contribution is 2.29. The summed E-state index contributed by atoms with van der Waals surface area (Å²) in [6.45, 7) is 1.98. The Labute approximate surface area is 153 Å². The molecule has 0 radical (unpaired) electrons. The summed E-state index contributed by atoms with van der Waals surface area (Å²) in [7, 11) is 1.71. The monoisotopic (exact) mass is 356 g/mol. The Morgan fingerprint density at radius 2 is 2.08 bits per heavy atom. The zero-order valence-corrected chi connectivity index (χ0v) is 15.0. The lowest BCUT2D eigenvalue weighted by Crippen LogP contribution is -2.37. The first-order chi connectivity index (χ1) is 12.7. The Morgan fingerprint density at radius 3 is 2.77 bits per heavy atom. The Balaban J connectivity index is 1.39. The highest BCUT2D eigenvalue weighted by molar-refractivity contribution is 5.79. The average molecular weight is 356 g/mol. The fraction of sp³-hybridized carbons (Fsp3) is 0.400. The van der Waals surface area contributed by atoms with Crippen LogP contribution in [0.3, 0.4) is 0 Å². The van der Waals surface area contributed by atoms with Crippen LogP contribution in [0.15, 0.2) is 47.6 Å². The smallest absolute Gasteiger partial charge is 0.213 e. The molecular weight excluding hydrogens is 331 g/mol. The summed E-state index contributed by atoms with van der Waals surface area (Å²) in [6.07, 6.45) is 4.94. The van der Waals surface area contributed by atoms with Gasteiger partial charge in [0, 0.05) is 32.4 Å². The minimum absolute atomic E-state index is 0.174. The van der Waals surface area contributed by atoms with Crippen molar-refractivity contribution in [2.24, 2.45) is 10.9 Å². The van der Waals surface area contributed by atoms with Gasteiger partial charge in [-0.1, -0.05) is 24.3 Å². The van der Waals surface area contributed by atoms with Crippen LogP contribution >= 0.6 is 0 Å². The molecule has 0 atom stereocenters. The molecule has 1 heterocycles. The predicted molar refractivity (Wildman–Crippen MR) is 101 cm³/mol. The van der Waals surface area contributed by atoms with Gasteiger partial charge in [0.15, 0.2) is 5.96 Å². The molecule has 1 aliphatic rings. The third-order valence-corrected chi connectivity index (χ3v) is 4.29. The molecule has 1 saturated carbocycles. The van der Waals surface area contributed by atoms with Crippen molar-refractivity contribution in [1.29, 1.82) is 0 Å². The number of benzene rings is 1. The molecule has 6 heteroatoms. The Bertz CT molecular complexity index is 729. The molecule has 0 bridgehead atoms. The Hall–Kier alpha value is -2.63. The molecule has 3 rings (SSSR count). The summed E-state index contributed by atoms with van der Waals surface area (Å²) < 4.78 is 19.2. The topological polar surface area (TPSA) is 58.5 Å². The fourth-order valence-corrected chi connectivity index (χ4v) is 2.51. The predicted octanol–water partition coefficient (Wildman–Crippen LogP) is 2.92. The minimum atomic E-state index is -0.174. The summed E-state index contributed by atoms with van der Waals surface area (Å²) in [5.74, 6) is 1.90. The second-order valence-corrected chi connectivity index (χ2v) is 6.45. The molecule has 1 aromatic carbocycles. The lowest BCUT2D eigenvalue weighted by Gasteiger charge is -2.12. The van der Waals surface area contributed by atoms with Gasteiger partial charge >= 0.3 is 0 Å². The summed E-state index contributed by atoms with van der Waals surface area (Å²) in [6, 6.07) is 10.7. The van der Waals surface area contributed by atoms with Crippen LogP contribution in [0.2, 0.25) is 0 Å². The van der Waals surface area contributed by atoms with Crippen molar-refractivity contribution in [1.82, 2.24) is 15.6 Å². The maximum absolute atomic E-state index is 13.6. The van der Waals surface area contributed by atoms with Gasteiger partial charge in [0.05, 0.1) is 6.61 Å². The molecule has 1 aromatic heterocycles. The van der Waals surface area contributed by atoms with Gasteiger partial charge in [-0.05, 0) is 42.4 Å². The van der Waals surface area contributed by atoms with E-state index >= 15 is 0 Å². The van der Waals surface area contributed by atoms with Crippen LogP contribution in [0, 0.1) is 11.7 Å². The van der Waals surface area contributed by atoms with Gasteiger partial charge in [0.25, 0.3) is 0 Å². The molecule has 0 aliphatic heterocycles. The van der Waals surface area contributed by atoms with Gasteiger partial charge < -0.3 is 15.4 Å². The normalized spacial score (nSPS) is 14.2. The molecule has 0 amide bonds. The number of halogens is 1. The van der Waals surface area contributed by atoms with Crippen molar-refractivity contribution < 1.29 is 9.13 Å². The molecule has 2 aromatic rings. The van der Waals surface area contributed by atoms with Crippen molar-refractivity contribution in [2.75, 3.05) is 20.2 Å². The van der Waals surface area contributed by atoms with Crippen LogP contribution in [0.5, 0.6) is 5.88 Å². The number of nitrogens with zero attached hydrogens (tertiary/aromatic N) is 2. The van der Waals surface area contributed by atoms with E-state index in [2.05, 4.69) is 20.6 Å². The van der Waals surface area contributed by atoms with Crippen molar-refractivity contribution in [2.45, 2.75) is 25.8 Å². The highest BCUT2D eigenvalue weighted by Gasteiger charge is 2.22. The van der Waals surface area contributed by atoms with E-state index in [0.29, 0.717) is 36.9 Å². The summed E-state index contributed by atoms with van der Waals surface area (Å²) in [5, 5.41) is 6.42. The van der Waals surface area contributed by atoms with E-state index in [1.54, 1.807) is 19.2 Å². The number of hydrogen-bond donors (Lipinski definition) is 2. The van der Waals surface area contributed by atoms with Gasteiger partial charge in [0.2, 0.25) is 5.88 Å². The second-order valence-electron chi connectivity index (χ2n) is 6.45. The van der Waals surface area contributed by atoms with Crippen LogP contribution in [-0.2, 0) is 13.0 Å². The molecule has 1 fully saturated rings. The SMILES string of the molecule is CN=C(NCCc1ccccc1F)NCc1ccc(OCC2CC2)nc1. The van der Waals surface area contributed by atoms with E-state index in [4.69, 9.17) is 4.74 Å². The molecule has 0 saturated heterocycles. The van der Waals surface area contributed by atoms with Gasteiger partial charge in [-0.15, -0.1) is 0 Å². The van der Waals surface area contributed by atoms with E-state index in [1.165, 1.54) is 18.9 Å². The first-order valence-electron chi connectivity index (χ1n) is 9.00. The summed E-state index contributed by atoms with van der Waals surface area (Å²) >= 11 is 0. The number of pyridine rings is 1. The van der Waals surface area contributed by atoms with Gasteiger partial charge in [-0.25, -0.2) is 9.37 Å². The van der Waals surface area contributed by atoms with Crippen molar-refractivity contribution >= 4 is 5.96 Å². The zero-order chi connectivity index (χ0) is 18.2.